The third-order valence-electron chi connectivity index (χ3n) is 4.23. The zero-order chi connectivity index (χ0) is 18.9. The average molecular weight is 355 g/mol. The van der Waals surface area contributed by atoms with Crippen molar-refractivity contribution in [2.75, 3.05) is 7.11 Å². The number of ether oxygens (including phenoxy) is 2. The summed E-state index contributed by atoms with van der Waals surface area (Å²) in [7, 11) is 1.59. The van der Waals surface area contributed by atoms with Gasteiger partial charge in [-0.1, -0.05) is 63.2 Å². The highest BCUT2D eigenvalue weighted by atomic mass is 16.5. The number of methoxy groups -OCH3 is 1. The number of hydrogen-bond acceptors (Lipinski definition) is 3. The van der Waals surface area contributed by atoms with Crippen LogP contribution in [-0.4, -0.2) is 19.1 Å². The number of carbonyl (C=O) groups is 1. The number of rotatable bonds is 9. The van der Waals surface area contributed by atoms with E-state index >= 15 is 0 Å². The van der Waals surface area contributed by atoms with Gasteiger partial charge in [-0.3, -0.25) is 4.79 Å². The SMILES string of the molecule is CC[C@H](Oc1ccccc1OC)C(=O)N[C@H](CC(C)C)c1ccccc1. The Morgan fingerprint density at radius 3 is 2.19 bits per heavy atom. The molecule has 0 fully saturated rings. The lowest BCUT2D eigenvalue weighted by atomic mass is 9.96. The zero-order valence-corrected chi connectivity index (χ0v) is 16.1. The molecule has 1 N–H and O–H groups in total. The summed E-state index contributed by atoms with van der Waals surface area (Å²) in [6.07, 6.45) is 0.887. The molecule has 0 aliphatic heterocycles. The summed E-state index contributed by atoms with van der Waals surface area (Å²) >= 11 is 0. The largest absolute Gasteiger partial charge is 0.493 e. The predicted octanol–water partition coefficient (Wildman–Crippen LogP) is 4.76. The Bertz CT molecular complexity index is 685. The van der Waals surface area contributed by atoms with E-state index in [0.717, 1.165) is 12.0 Å². The zero-order valence-electron chi connectivity index (χ0n) is 16.1. The average Bonchev–Trinajstić information content (AvgIpc) is 2.66. The summed E-state index contributed by atoms with van der Waals surface area (Å²) in [4.78, 5) is 12.9. The molecular formula is C22H29NO3. The highest BCUT2D eigenvalue weighted by molar-refractivity contribution is 5.81. The molecule has 26 heavy (non-hydrogen) atoms. The van der Waals surface area contributed by atoms with Crippen molar-refractivity contribution in [3.05, 3.63) is 60.2 Å². The third-order valence-corrected chi connectivity index (χ3v) is 4.23. The van der Waals surface area contributed by atoms with Gasteiger partial charge in [0.25, 0.3) is 5.91 Å². The van der Waals surface area contributed by atoms with Gasteiger partial charge in [0.2, 0.25) is 0 Å². The van der Waals surface area contributed by atoms with E-state index in [2.05, 4.69) is 31.3 Å². The van der Waals surface area contributed by atoms with Crippen LogP contribution in [0.1, 0.15) is 45.2 Å². The Morgan fingerprint density at radius 2 is 1.62 bits per heavy atom. The van der Waals surface area contributed by atoms with Gasteiger partial charge in [-0.25, -0.2) is 0 Å². The molecule has 0 aliphatic rings. The lowest BCUT2D eigenvalue weighted by Gasteiger charge is -2.25. The Labute approximate surface area is 156 Å². The second kappa shape index (κ2) is 9.85. The molecule has 0 saturated carbocycles. The van der Waals surface area contributed by atoms with E-state index in [4.69, 9.17) is 9.47 Å². The minimum absolute atomic E-state index is 0.0287. The lowest BCUT2D eigenvalue weighted by molar-refractivity contribution is -0.129. The molecule has 1 amide bonds. The Balaban J connectivity index is 2.12. The number of benzene rings is 2. The van der Waals surface area contributed by atoms with Gasteiger partial charge in [-0.2, -0.15) is 0 Å². The summed E-state index contributed by atoms with van der Waals surface area (Å²) < 4.78 is 11.3. The van der Waals surface area contributed by atoms with Gasteiger partial charge in [0.1, 0.15) is 0 Å². The van der Waals surface area contributed by atoms with Crippen LogP contribution in [0.2, 0.25) is 0 Å². The van der Waals surface area contributed by atoms with Gasteiger partial charge < -0.3 is 14.8 Å². The van der Waals surface area contributed by atoms with Gasteiger partial charge in [0.05, 0.1) is 13.2 Å². The van der Waals surface area contributed by atoms with E-state index in [1.807, 2.05) is 49.4 Å². The minimum atomic E-state index is -0.565. The summed E-state index contributed by atoms with van der Waals surface area (Å²) in [6.45, 7) is 6.26. The quantitative estimate of drug-likeness (QED) is 0.706. The second-order valence-electron chi connectivity index (χ2n) is 6.77. The van der Waals surface area contributed by atoms with Gasteiger partial charge in [-0.15, -0.1) is 0 Å². The maximum Gasteiger partial charge on any atom is 0.261 e. The molecule has 0 saturated heterocycles. The van der Waals surface area contributed by atoms with Crippen molar-refractivity contribution in [1.29, 1.82) is 0 Å². The van der Waals surface area contributed by atoms with Crippen LogP contribution in [0, 0.1) is 5.92 Å². The normalized spacial score (nSPS) is 13.1. The summed E-state index contributed by atoms with van der Waals surface area (Å²) in [6, 6.07) is 17.4. The molecule has 0 aromatic heterocycles. The van der Waals surface area contributed by atoms with Crippen molar-refractivity contribution in [2.24, 2.45) is 5.92 Å². The van der Waals surface area contributed by atoms with Crippen molar-refractivity contribution < 1.29 is 14.3 Å². The van der Waals surface area contributed by atoms with Crippen molar-refractivity contribution in [1.82, 2.24) is 5.32 Å². The molecule has 0 heterocycles. The summed E-state index contributed by atoms with van der Waals surface area (Å²) in [5, 5.41) is 3.17. The first-order valence-corrected chi connectivity index (χ1v) is 9.20. The maximum absolute atomic E-state index is 12.9. The smallest absolute Gasteiger partial charge is 0.261 e. The van der Waals surface area contributed by atoms with E-state index in [-0.39, 0.29) is 11.9 Å². The van der Waals surface area contributed by atoms with Gasteiger partial charge >= 0.3 is 0 Å². The molecule has 4 heteroatoms. The summed E-state index contributed by atoms with van der Waals surface area (Å²) in [5.74, 6) is 1.57. The molecule has 0 unspecified atom stereocenters. The molecule has 0 spiro atoms. The summed E-state index contributed by atoms with van der Waals surface area (Å²) in [5.41, 5.74) is 1.11. The van der Waals surface area contributed by atoms with Gasteiger partial charge in [0.15, 0.2) is 17.6 Å². The van der Waals surface area contributed by atoms with E-state index in [1.54, 1.807) is 7.11 Å². The molecule has 2 atom stereocenters. The molecule has 4 nitrogen and oxygen atoms in total. The van der Waals surface area contributed by atoms with Gasteiger partial charge in [0, 0.05) is 0 Å². The van der Waals surface area contributed by atoms with Crippen LogP contribution < -0.4 is 14.8 Å². The first-order valence-electron chi connectivity index (χ1n) is 9.20. The fraction of sp³-hybridized carbons (Fsp3) is 0.409. The number of nitrogens with one attached hydrogen (secondary N) is 1. The standard InChI is InChI=1S/C22H29NO3/c1-5-19(26-21-14-10-9-13-20(21)25-4)22(24)23-18(15-16(2)3)17-11-7-6-8-12-17/h6-14,16,18-19H,5,15H2,1-4H3,(H,23,24)/t18-,19+/m1/s1. The Morgan fingerprint density at radius 1 is 1.00 bits per heavy atom. The highest BCUT2D eigenvalue weighted by Crippen LogP contribution is 2.28. The topological polar surface area (TPSA) is 47.6 Å². The molecule has 2 aromatic carbocycles. The molecule has 2 aromatic rings. The molecule has 2 rings (SSSR count). The number of amides is 1. The number of hydrogen-bond donors (Lipinski definition) is 1. The van der Waals surface area contributed by atoms with E-state index in [1.165, 1.54) is 0 Å². The Hall–Kier alpha value is -2.49. The van der Waals surface area contributed by atoms with Crippen LogP contribution in [0.15, 0.2) is 54.6 Å². The maximum atomic E-state index is 12.9. The molecule has 0 bridgehead atoms. The van der Waals surface area contributed by atoms with Gasteiger partial charge in [-0.05, 0) is 36.5 Å². The van der Waals surface area contributed by atoms with Crippen LogP contribution in [0.3, 0.4) is 0 Å². The minimum Gasteiger partial charge on any atom is -0.493 e. The van der Waals surface area contributed by atoms with Crippen molar-refractivity contribution in [3.8, 4) is 11.5 Å². The predicted molar refractivity (Wildman–Crippen MR) is 104 cm³/mol. The van der Waals surface area contributed by atoms with Crippen LogP contribution in [0.25, 0.3) is 0 Å². The lowest BCUT2D eigenvalue weighted by Crippen LogP contribution is -2.40. The van der Waals surface area contributed by atoms with E-state index < -0.39 is 6.10 Å². The third kappa shape index (κ3) is 5.51. The monoisotopic (exact) mass is 355 g/mol. The van der Waals surface area contributed by atoms with Crippen LogP contribution in [0.5, 0.6) is 11.5 Å². The van der Waals surface area contributed by atoms with Crippen molar-refractivity contribution >= 4 is 5.91 Å². The molecule has 140 valence electrons. The van der Waals surface area contributed by atoms with E-state index in [0.29, 0.717) is 23.8 Å². The van der Waals surface area contributed by atoms with Crippen LogP contribution in [0.4, 0.5) is 0 Å². The number of para-hydroxylation sites is 2. The van der Waals surface area contributed by atoms with Crippen molar-refractivity contribution in [3.63, 3.8) is 0 Å². The molecule has 0 radical (unpaired) electrons. The number of carbonyl (C=O) groups excluding carboxylic acids is 1. The Kier molecular flexibility index (Phi) is 7.52. The molecular weight excluding hydrogens is 326 g/mol. The first-order chi connectivity index (χ1) is 12.5. The first kappa shape index (κ1) is 19.8. The van der Waals surface area contributed by atoms with Crippen LogP contribution in [-0.2, 0) is 4.79 Å². The van der Waals surface area contributed by atoms with Crippen molar-refractivity contribution in [2.45, 2.75) is 45.8 Å². The highest BCUT2D eigenvalue weighted by Gasteiger charge is 2.24. The molecule has 0 aliphatic carbocycles. The fourth-order valence-electron chi connectivity index (χ4n) is 2.89. The fourth-order valence-corrected chi connectivity index (χ4v) is 2.89. The second-order valence-corrected chi connectivity index (χ2v) is 6.77. The van der Waals surface area contributed by atoms with E-state index in [9.17, 15) is 4.79 Å². The van der Waals surface area contributed by atoms with Crippen LogP contribution >= 0.6 is 0 Å².